The zero-order chi connectivity index (χ0) is 13.0. The number of carbonyl (C=O) groups is 3. The van der Waals surface area contributed by atoms with Crippen LogP contribution in [0.1, 0.15) is 13.8 Å². The lowest BCUT2D eigenvalue weighted by Crippen LogP contribution is -2.44. The van der Waals surface area contributed by atoms with E-state index in [0.717, 1.165) is 11.8 Å². The second-order valence-electron chi connectivity index (χ2n) is 3.87. The van der Waals surface area contributed by atoms with Gasteiger partial charge in [0, 0.05) is 24.3 Å². The first kappa shape index (κ1) is 14.4. The lowest BCUT2D eigenvalue weighted by atomic mass is 10.1. The molecular formula is C10H15NO4S2. The van der Waals surface area contributed by atoms with Crippen molar-refractivity contribution in [3.8, 4) is 0 Å². The molecule has 0 aromatic heterocycles. The quantitative estimate of drug-likeness (QED) is 0.822. The number of hydrogen-bond donors (Lipinski definition) is 1. The molecule has 1 amide bonds. The summed E-state index contributed by atoms with van der Waals surface area (Å²) in [5, 5.41) is 8.93. The molecule has 1 aliphatic rings. The maximum absolute atomic E-state index is 12.0. The Morgan fingerprint density at radius 3 is 2.71 bits per heavy atom. The van der Waals surface area contributed by atoms with Gasteiger partial charge >= 0.3 is 5.97 Å². The molecule has 0 aromatic rings. The van der Waals surface area contributed by atoms with Gasteiger partial charge in [0.15, 0.2) is 5.12 Å². The summed E-state index contributed by atoms with van der Waals surface area (Å²) in [6.07, 6.45) is 0. The van der Waals surface area contributed by atoms with E-state index in [4.69, 9.17) is 5.11 Å². The van der Waals surface area contributed by atoms with E-state index in [0.29, 0.717) is 17.4 Å². The summed E-state index contributed by atoms with van der Waals surface area (Å²) in [6.45, 7) is 3.17. The maximum atomic E-state index is 12.0. The van der Waals surface area contributed by atoms with Crippen molar-refractivity contribution >= 4 is 40.5 Å². The molecule has 0 aliphatic carbocycles. The SMILES string of the molecule is CC(=O)SCC(C)C(=O)N1CSCC1C(=O)O. The van der Waals surface area contributed by atoms with Gasteiger partial charge in [0.2, 0.25) is 5.91 Å². The fraction of sp³-hybridized carbons (Fsp3) is 0.700. The van der Waals surface area contributed by atoms with Crippen LogP contribution in [-0.4, -0.2) is 50.4 Å². The van der Waals surface area contributed by atoms with Gasteiger partial charge in [0.05, 0.1) is 5.88 Å². The molecule has 1 fully saturated rings. The second kappa shape index (κ2) is 6.30. The van der Waals surface area contributed by atoms with Crippen LogP contribution in [0.5, 0.6) is 0 Å². The van der Waals surface area contributed by atoms with Crippen molar-refractivity contribution in [3.63, 3.8) is 0 Å². The molecule has 0 aromatic carbocycles. The summed E-state index contributed by atoms with van der Waals surface area (Å²) < 4.78 is 0. The summed E-state index contributed by atoms with van der Waals surface area (Å²) >= 11 is 2.53. The lowest BCUT2D eigenvalue weighted by molar-refractivity contribution is -0.148. The summed E-state index contributed by atoms with van der Waals surface area (Å²) in [5.41, 5.74) is 0. The Morgan fingerprint density at radius 2 is 2.18 bits per heavy atom. The Bertz CT molecular complexity index is 334. The third-order valence-electron chi connectivity index (χ3n) is 2.41. The van der Waals surface area contributed by atoms with Gasteiger partial charge in [-0.3, -0.25) is 9.59 Å². The van der Waals surface area contributed by atoms with Gasteiger partial charge in [-0.05, 0) is 0 Å². The van der Waals surface area contributed by atoms with Gasteiger partial charge in [0.1, 0.15) is 6.04 Å². The number of hydrogen-bond acceptors (Lipinski definition) is 5. The predicted molar refractivity (Wildman–Crippen MR) is 67.9 cm³/mol. The first-order valence-corrected chi connectivity index (χ1v) is 7.32. The second-order valence-corrected chi connectivity index (χ2v) is 6.06. The van der Waals surface area contributed by atoms with Crippen LogP contribution in [0.25, 0.3) is 0 Å². The molecule has 0 radical (unpaired) electrons. The van der Waals surface area contributed by atoms with Crippen molar-refractivity contribution < 1.29 is 19.5 Å². The molecule has 0 saturated carbocycles. The van der Waals surface area contributed by atoms with Gasteiger partial charge < -0.3 is 10.0 Å². The van der Waals surface area contributed by atoms with Gasteiger partial charge in [0.25, 0.3) is 0 Å². The van der Waals surface area contributed by atoms with E-state index in [2.05, 4.69) is 0 Å². The molecule has 0 spiro atoms. The minimum absolute atomic E-state index is 0.0322. The monoisotopic (exact) mass is 277 g/mol. The number of nitrogens with zero attached hydrogens (tertiary/aromatic N) is 1. The van der Waals surface area contributed by atoms with Crippen molar-refractivity contribution in [1.29, 1.82) is 0 Å². The molecule has 96 valence electrons. The molecule has 7 heteroatoms. The highest BCUT2D eigenvalue weighted by Crippen LogP contribution is 2.24. The van der Waals surface area contributed by atoms with Gasteiger partial charge in [-0.25, -0.2) is 4.79 Å². The largest absolute Gasteiger partial charge is 0.480 e. The van der Waals surface area contributed by atoms with Crippen molar-refractivity contribution in [1.82, 2.24) is 4.90 Å². The number of amides is 1. The van der Waals surface area contributed by atoms with Crippen molar-refractivity contribution in [2.75, 3.05) is 17.4 Å². The van der Waals surface area contributed by atoms with Crippen LogP contribution < -0.4 is 0 Å². The topological polar surface area (TPSA) is 74.7 Å². The Labute approximate surface area is 108 Å². The Morgan fingerprint density at radius 1 is 1.53 bits per heavy atom. The van der Waals surface area contributed by atoms with Gasteiger partial charge in [-0.2, -0.15) is 0 Å². The Balaban J connectivity index is 2.56. The fourth-order valence-electron chi connectivity index (χ4n) is 1.46. The predicted octanol–water partition coefficient (Wildman–Crippen LogP) is 0.888. The van der Waals surface area contributed by atoms with Gasteiger partial charge in [-0.1, -0.05) is 18.7 Å². The standard InChI is InChI=1S/C10H15NO4S2/c1-6(3-17-7(2)12)9(13)11-5-16-4-8(11)10(14)15/h6,8H,3-5H2,1-2H3,(H,14,15). The highest BCUT2D eigenvalue weighted by Gasteiger charge is 2.36. The van der Waals surface area contributed by atoms with E-state index in [1.54, 1.807) is 6.92 Å². The summed E-state index contributed by atoms with van der Waals surface area (Å²) in [6, 6.07) is -0.725. The Hall–Kier alpha value is -0.690. The lowest BCUT2D eigenvalue weighted by Gasteiger charge is -2.23. The van der Waals surface area contributed by atoms with Gasteiger partial charge in [-0.15, -0.1) is 11.8 Å². The summed E-state index contributed by atoms with van der Waals surface area (Å²) in [7, 11) is 0. The van der Waals surface area contributed by atoms with Crippen LogP contribution in [0.4, 0.5) is 0 Å². The van der Waals surface area contributed by atoms with Crippen molar-refractivity contribution in [3.05, 3.63) is 0 Å². The summed E-state index contributed by atoms with van der Waals surface area (Å²) in [5.74, 6) is -0.212. The smallest absolute Gasteiger partial charge is 0.327 e. The number of thioether (sulfide) groups is 2. The zero-order valence-corrected chi connectivity index (χ0v) is 11.3. The highest BCUT2D eigenvalue weighted by molar-refractivity contribution is 8.13. The van der Waals surface area contributed by atoms with E-state index >= 15 is 0 Å². The molecule has 1 N–H and O–H groups in total. The van der Waals surface area contributed by atoms with Crippen LogP contribution in [0.3, 0.4) is 0 Å². The molecule has 2 atom stereocenters. The Kier molecular flexibility index (Phi) is 5.32. The van der Waals surface area contributed by atoms with Crippen molar-refractivity contribution in [2.45, 2.75) is 19.9 Å². The van der Waals surface area contributed by atoms with Crippen LogP contribution in [0.2, 0.25) is 0 Å². The number of aliphatic carboxylic acids is 1. The highest BCUT2D eigenvalue weighted by atomic mass is 32.2. The first-order chi connectivity index (χ1) is 7.93. The number of rotatable bonds is 4. The molecule has 2 unspecified atom stereocenters. The molecule has 1 heterocycles. The molecular weight excluding hydrogens is 262 g/mol. The molecule has 5 nitrogen and oxygen atoms in total. The van der Waals surface area contributed by atoms with Crippen LogP contribution in [-0.2, 0) is 14.4 Å². The van der Waals surface area contributed by atoms with E-state index in [9.17, 15) is 14.4 Å². The average molecular weight is 277 g/mol. The third kappa shape index (κ3) is 3.92. The molecule has 1 aliphatic heterocycles. The van der Waals surface area contributed by atoms with E-state index in [1.807, 2.05) is 0 Å². The van der Waals surface area contributed by atoms with E-state index in [1.165, 1.54) is 23.6 Å². The normalized spacial score (nSPS) is 21.3. The first-order valence-electron chi connectivity index (χ1n) is 5.18. The zero-order valence-electron chi connectivity index (χ0n) is 9.71. The average Bonchev–Trinajstić information content (AvgIpc) is 2.73. The minimum atomic E-state index is -0.963. The molecule has 1 saturated heterocycles. The molecule has 17 heavy (non-hydrogen) atoms. The number of carboxylic acid groups (broad SMARTS) is 1. The molecule has 1 rings (SSSR count). The van der Waals surface area contributed by atoms with Crippen LogP contribution in [0, 0.1) is 5.92 Å². The molecule has 0 bridgehead atoms. The maximum Gasteiger partial charge on any atom is 0.327 e. The summed E-state index contributed by atoms with van der Waals surface area (Å²) in [4.78, 5) is 35.1. The van der Waals surface area contributed by atoms with E-state index in [-0.39, 0.29) is 16.9 Å². The van der Waals surface area contributed by atoms with Crippen molar-refractivity contribution in [2.24, 2.45) is 5.92 Å². The van der Waals surface area contributed by atoms with E-state index < -0.39 is 12.0 Å². The minimum Gasteiger partial charge on any atom is -0.480 e. The fourth-order valence-corrected chi connectivity index (χ4v) is 3.24. The van der Waals surface area contributed by atoms with Crippen LogP contribution in [0.15, 0.2) is 0 Å². The third-order valence-corrected chi connectivity index (χ3v) is 4.49. The number of carbonyl (C=O) groups excluding carboxylic acids is 2. The van der Waals surface area contributed by atoms with Crippen LogP contribution >= 0.6 is 23.5 Å². The number of carboxylic acids is 1.